The Morgan fingerprint density at radius 3 is 2.48 bits per heavy atom. The number of carbonyl (C=O) groups excluding carboxylic acids is 2. The molecule has 1 aromatic heterocycles. The van der Waals surface area contributed by atoms with Crippen molar-refractivity contribution in [1.29, 1.82) is 0 Å². The number of hydrogen-bond acceptors (Lipinski definition) is 5. The van der Waals surface area contributed by atoms with Crippen molar-refractivity contribution in [2.75, 3.05) is 12.4 Å². The minimum atomic E-state index is -0.383. The van der Waals surface area contributed by atoms with Crippen LogP contribution in [0.5, 0.6) is 5.75 Å². The molecule has 156 valence electrons. The number of benzene rings is 2. The van der Waals surface area contributed by atoms with E-state index < -0.39 is 0 Å². The van der Waals surface area contributed by atoms with Crippen LogP contribution in [0, 0.1) is 13.8 Å². The fourth-order valence-electron chi connectivity index (χ4n) is 3.50. The van der Waals surface area contributed by atoms with Gasteiger partial charge in [-0.15, -0.1) is 0 Å². The van der Waals surface area contributed by atoms with Gasteiger partial charge in [-0.1, -0.05) is 30.3 Å². The summed E-state index contributed by atoms with van der Waals surface area (Å²) in [5.74, 6) is -0.0727. The molecule has 0 bridgehead atoms. The average molecular weight is 413 g/mol. The highest BCUT2D eigenvalue weighted by Gasteiger charge is 2.39. The van der Waals surface area contributed by atoms with Crippen LogP contribution >= 0.6 is 0 Å². The first-order valence-corrected chi connectivity index (χ1v) is 9.97. The Morgan fingerprint density at radius 2 is 1.77 bits per heavy atom. The molecule has 0 fully saturated rings. The highest BCUT2D eigenvalue weighted by Crippen LogP contribution is 2.32. The summed E-state index contributed by atoms with van der Waals surface area (Å²) in [6.45, 7) is 4.11. The number of imide groups is 1. The van der Waals surface area contributed by atoms with E-state index >= 15 is 0 Å². The van der Waals surface area contributed by atoms with Crippen LogP contribution in [0.25, 0.3) is 5.57 Å². The number of pyridine rings is 1. The normalized spacial score (nSPS) is 13.7. The summed E-state index contributed by atoms with van der Waals surface area (Å²) in [7, 11) is 1.58. The van der Waals surface area contributed by atoms with E-state index in [9.17, 15) is 9.59 Å². The maximum Gasteiger partial charge on any atom is 0.278 e. The molecule has 0 saturated carbocycles. The van der Waals surface area contributed by atoms with Crippen LogP contribution in [-0.2, 0) is 16.1 Å². The summed E-state index contributed by atoms with van der Waals surface area (Å²) in [6.07, 6.45) is 1.65. The smallest absolute Gasteiger partial charge is 0.278 e. The molecule has 1 aliphatic rings. The second-order valence-corrected chi connectivity index (χ2v) is 7.42. The quantitative estimate of drug-likeness (QED) is 0.616. The lowest BCUT2D eigenvalue weighted by Crippen LogP contribution is -2.32. The van der Waals surface area contributed by atoms with Crippen LogP contribution in [-0.4, -0.2) is 28.8 Å². The Balaban J connectivity index is 1.77. The van der Waals surface area contributed by atoms with Gasteiger partial charge in [-0.25, -0.2) is 0 Å². The standard InChI is InChI=1S/C25H23N3O3/c1-16-10-11-18(13-17(16)2)22-23(27-19-8-6-9-21(14-19)31-3)25(30)28(24(22)29)15-20-7-4-5-12-26-20/h4-14,27H,15H2,1-3H3. The van der Waals surface area contributed by atoms with Gasteiger partial charge in [0.2, 0.25) is 0 Å². The second kappa shape index (κ2) is 8.44. The molecule has 0 aliphatic carbocycles. The van der Waals surface area contributed by atoms with Crippen molar-refractivity contribution < 1.29 is 14.3 Å². The molecule has 1 aliphatic heterocycles. The maximum absolute atomic E-state index is 13.4. The highest BCUT2D eigenvalue weighted by molar-refractivity contribution is 6.36. The van der Waals surface area contributed by atoms with Gasteiger partial charge >= 0.3 is 0 Å². The number of methoxy groups -OCH3 is 1. The van der Waals surface area contributed by atoms with Crippen molar-refractivity contribution in [3.05, 3.63) is 94.9 Å². The van der Waals surface area contributed by atoms with Gasteiger partial charge < -0.3 is 10.1 Å². The largest absolute Gasteiger partial charge is 0.497 e. The average Bonchev–Trinajstić information content (AvgIpc) is 3.01. The van der Waals surface area contributed by atoms with Crippen molar-refractivity contribution in [3.8, 4) is 5.75 Å². The summed E-state index contributed by atoms with van der Waals surface area (Å²) >= 11 is 0. The van der Waals surface area contributed by atoms with Crippen LogP contribution in [0.2, 0.25) is 0 Å². The molecule has 0 unspecified atom stereocenters. The van der Waals surface area contributed by atoms with Gasteiger partial charge in [0.1, 0.15) is 11.4 Å². The number of aromatic nitrogens is 1. The maximum atomic E-state index is 13.4. The molecule has 2 amide bonds. The van der Waals surface area contributed by atoms with Gasteiger partial charge in [0.25, 0.3) is 11.8 Å². The molecule has 31 heavy (non-hydrogen) atoms. The van der Waals surface area contributed by atoms with Crippen molar-refractivity contribution in [2.24, 2.45) is 0 Å². The number of aryl methyl sites for hydroxylation is 2. The van der Waals surface area contributed by atoms with Crippen molar-refractivity contribution in [1.82, 2.24) is 9.88 Å². The van der Waals surface area contributed by atoms with Gasteiger partial charge in [-0.3, -0.25) is 19.5 Å². The molecule has 0 spiro atoms. The monoisotopic (exact) mass is 413 g/mol. The molecule has 0 atom stereocenters. The first kappa shape index (κ1) is 20.3. The molecule has 6 nitrogen and oxygen atoms in total. The summed E-state index contributed by atoms with van der Waals surface area (Å²) < 4.78 is 5.28. The zero-order chi connectivity index (χ0) is 22.0. The van der Waals surface area contributed by atoms with Gasteiger partial charge in [0.05, 0.1) is 24.9 Å². The molecular formula is C25H23N3O3. The van der Waals surface area contributed by atoms with Crippen LogP contribution in [0.15, 0.2) is 72.6 Å². The predicted octanol–water partition coefficient (Wildman–Crippen LogP) is 4.10. The molecular weight excluding hydrogens is 390 g/mol. The molecule has 1 N–H and O–H groups in total. The van der Waals surface area contributed by atoms with E-state index in [1.54, 1.807) is 31.5 Å². The Hall–Kier alpha value is -3.93. The number of nitrogens with zero attached hydrogens (tertiary/aromatic N) is 2. The third kappa shape index (κ3) is 4.05. The molecule has 0 radical (unpaired) electrons. The number of ether oxygens (including phenoxy) is 1. The Kier molecular flexibility index (Phi) is 5.54. The van der Waals surface area contributed by atoms with Gasteiger partial charge in [-0.05, 0) is 54.8 Å². The van der Waals surface area contributed by atoms with E-state index in [2.05, 4.69) is 10.3 Å². The Labute approximate surface area is 181 Å². The molecule has 2 aromatic carbocycles. The van der Waals surface area contributed by atoms with Crippen molar-refractivity contribution >= 4 is 23.1 Å². The molecule has 4 rings (SSSR count). The number of anilines is 1. The van der Waals surface area contributed by atoms with E-state index in [1.165, 1.54) is 4.90 Å². The molecule has 0 saturated heterocycles. The Morgan fingerprint density at radius 1 is 0.935 bits per heavy atom. The number of amides is 2. The summed E-state index contributed by atoms with van der Waals surface area (Å²) in [5.41, 5.74) is 4.78. The zero-order valence-electron chi connectivity index (χ0n) is 17.7. The fourth-order valence-corrected chi connectivity index (χ4v) is 3.50. The first-order valence-electron chi connectivity index (χ1n) is 9.97. The number of nitrogens with one attached hydrogen (secondary N) is 1. The lowest BCUT2D eigenvalue weighted by Gasteiger charge is -2.15. The summed E-state index contributed by atoms with van der Waals surface area (Å²) in [4.78, 5) is 32.2. The second-order valence-electron chi connectivity index (χ2n) is 7.42. The van der Waals surface area contributed by atoms with Crippen LogP contribution in [0.1, 0.15) is 22.4 Å². The first-order chi connectivity index (χ1) is 15.0. The fraction of sp³-hybridized carbons (Fsp3) is 0.160. The van der Waals surface area contributed by atoms with E-state index in [-0.39, 0.29) is 24.1 Å². The third-order valence-electron chi connectivity index (χ3n) is 5.35. The SMILES string of the molecule is COc1cccc(NC2=C(c3ccc(C)c(C)c3)C(=O)N(Cc3ccccn3)C2=O)c1. The lowest BCUT2D eigenvalue weighted by molar-refractivity contribution is -0.137. The highest BCUT2D eigenvalue weighted by atomic mass is 16.5. The number of rotatable bonds is 6. The summed E-state index contributed by atoms with van der Waals surface area (Å²) in [5, 5.41) is 3.16. The van der Waals surface area contributed by atoms with Crippen LogP contribution < -0.4 is 10.1 Å². The van der Waals surface area contributed by atoms with E-state index in [0.717, 1.165) is 11.1 Å². The predicted molar refractivity (Wildman–Crippen MR) is 119 cm³/mol. The summed E-state index contributed by atoms with van der Waals surface area (Å²) in [6, 6.07) is 18.4. The van der Waals surface area contributed by atoms with Gasteiger partial charge in [0.15, 0.2) is 0 Å². The zero-order valence-corrected chi connectivity index (χ0v) is 17.7. The van der Waals surface area contributed by atoms with E-state index in [0.29, 0.717) is 28.3 Å². The minimum Gasteiger partial charge on any atom is -0.497 e. The van der Waals surface area contributed by atoms with E-state index in [4.69, 9.17) is 4.74 Å². The minimum absolute atomic E-state index is 0.107. The van der Waals surface area contributed by atoms with Gasteiger partial charge in [-0.2, -0.15) is 0 Å². The van der Waals surface area contributed by atoms with Crippen LogP contribution in [0.4, 0.5) is 5.69 Å². The Bertz CT molecular complexity index is 1190. The number of carbonyl (C=O) groups is 2. The third-order valence-corrected chi connectivity index (χ3v) is 5.35. The molecule has 3 aromatic rings. The lowest BCUT2D eigenvalue weighted by atomic mass is 9.99. The van der Waals surface area contributed by atoms with E-state index in [1.807, 2.05) is 56.3 Å². The topological polar surface area (TPSA) is 71.5 Å². The van der Waals surface area contributed by atoms with Gasteiger partial charge in [0, 0.05) is 18.0 Å². The number of hydrogen-bond donors (Lipinski definition) is 1. The van der Waals surface area contributed by atoms with Crippen LogP contribution in [0.3, 0.4) is 0 Å². The molecule has 6 heteroatoms. The molecule has 2 heterocycles. The van der Waals surface area contributed by atoms with Crippen molar-refractivity contribution in [2.45, 2.75) is 20.4 Å². The van der Waals surface area contributed by atoms with Crippen molar-refractivity contribution in [3.63, 3.8) is 0 Å².